The highest BCUT2D eigenvalue weighted by atomic mass is 16.5. The molecule has 0 radical (unpaired) electrons. The number of rotatable bonds is 6. The van der Waals surface area contributed by atoms with Crippen LogP contribution in [0.2, 0.25) is 0 Å². The molecule has 21 heavy (non-hydrogen) atoms. The SMILES string of the molecule is CCCC(C(=O)OCC)C(=O)c1nccc2ccccc12. The zero-order valence-corrected chi connectivity index (χ0v) is 12.3. The summed E-state index contributed by atoms with van der Waals surface area (Å²) in [6, 6.07) is 9.40. The summed E-state index contributed by atoms with van der Waals surface area (Å²) in [5.41, 5.74) is 0.347. The van der Waals surface area contributed by atoms with Gasteiger partial charge in [-0.25, -0.2) is 0 Å². The molecule has 1 aromatic heterocycles. The third kappa shape index (κ3) is 3.27. The minimum Gasteiger partial charge on any atom is -0.465 e. The molecule has 0 saturated heterocycles. The zero-order chi connectivity index (χ0) is 15.2. The second kappa shape index (κ2) is 6.97. The first kappa shape index (κ1) is 15.2. The molecule has 1 unspecified atom stereocenters. The summed E-state index contributed by atoms with van der Waals surface area (Å²) in [6.45, 7) is 3.95. The van der Waals surface area contributed by atoms with Crippen LogP contribution in [0.3, 0.4) is 0 Å². The molecule has 0 aliphatic heterocycles. The van der Waals surface area contributed by atoms with E-state index in [0.29, 0.717) is 12.1 Å². The number of nitrogens with zero attached hydrogens (tertiary/aromatic N) is 1. The molecule has 0 N–H and O–H groups in total. The van der Waals surface area contributed by atoms with E-state index in [1.54, 1.807) is 13.1 Å². The Labute approximate surface area is 124 Å². The Hall–Kier alpha value is -2.23. The molecule has 0 amide bonds. The van der Waals surface area contributed by atoms with Gasteiger partial charge in [-0.1, -0.05) is 37.6 Å². The van der Waals surface area contributed by atoms with Crippen molar-refractivity contribution in [3.63, 3.8) is 0 Å². The molecule has 0 spiro atoms. The maximum atomic E-state index is 12.7. The van der Waals surface area contributed by atoms with Crippen LogP contribution >= 0.6 is 0 Å². The van der Waals surface area contributed by atoms with Gasteiger partial charge in [0.1, 0.15) is 11.6 Å². The van der Waals surface area contributed by atoms with Crippen molar-refractivity contribution in [1.82, 2.24) is 4.98 Å². The predicted octanol–water partition coefficient (Wildman–Crippen LogP) is 3.40. The van der Waals surface area contributed by atoms with Crippen LogP contribution in [-0.4, -0.2) is 23.3 Å². The molecule has 4 heteroatoms. The average Bonchev–Trinajstić information content (AvgIpc) is 2.51. The lowest BCUT2D eigenvalue weighted by molar-refractivity contribution is -0.146. The van der Waals surface area contributed by atoms with E-state index in [0.717, 1.165) is 17.2 Å². The highest BCUT2D eigenvalue weighted by Gasteiger charge is 2.29. The highest BCUT2D eigenvalue weighted by Crippen LogP contribution is 2.22. The van der Waals surface area contributed by atoms with Gasteiger partial charge in [0, 0.05) is 11.6 Å². The molecule has 0 bridgehead atoms. The number of benzene rings is 1. The third-order valence-electron chi connectivity index (χ3n) is 3.37. The van der Waals surface area contributed by atoms with E-state index in [-0.39, 0.29) is 12.4 Å². The topological polar surface area (TPSA) is 56.3 Å². The minimum absolute atomic E-state index is 0.257. The Morgan fingerprint density at radius 1 is 1.19 bits per heavy atom. The first-order valence-electron chi connectivity index (χ1n) is 7.23. The van der Waals surface area contributed by atoms with Crippen LogP contribution in [0.1, 0.15) is 37.2 Å². The maximum absolute atomic E-state index is 12.7. The van der Waals surface area contributed by atoms with Crippen molar-refractivity contribution in [3.8, 4) is 0 Å². The number of ketones is 1. The normalized spacial score (nSPS) is 12.1. The van der Waals surface area contributed by atoms with Crippen LogP contribution in [0.4, 0.5) is 0 Å². The molecule has 2 rings (SSSR count). The lowest BCUT2D eigenvalue weighted by Crippen LogP contribution is -2.27. The maximum Gasteiger partial charge on any atom is 0.316 e. The molecule has 0 aliphatic carbocycles. The van der Waals surface area contributed by atoms with E-state index in [2.05, 4.69) is 4.98 Å². The summed E-state index contributed by atoms with van der Waals surface area (Å²) in [7, 11) is 0. The van der Waals surface area contributed by atoms with Gasteiger partial charge in [-0.05, 0) is 24.8 Å². The molecule has 0 saturated carbocycles. The second-order valence-corrected chi connectivity index (χ2v) is 4.84. The molecular weight excluding hydrogens is 266 g/mol. The fourth-order valence-electron chi connectivity index (χ4n) is 2.37. The highest BCUT2D eigenvalue weighted by molar-refractivity contribution is 6.13. The average molecular weight is 285 g/mol. The van der Waals surface area contributed by atoms with Gasteiger partial charge in [-0.15, -0.1) is 0 Å². The van der Waals surface area contributed by atoms with Crippen molar-refractivity contribution in [3.05, 3.63) is 42.2 Å². The molecular formula is C17H19NO3. The van der Waals surface area contributed by atoms with Crippen LogP contribution in [0, 0.1) is 5.92 Å². The number of aromatic nitrogens is 1. The Morgan fingerprint density at radius 3 is 2.67 bits per heavy atom. The fourth-order valence-corrected chi connectivity index (χ4v) is 2.37. The Balaban J connectivity index is 2.41. The van der Waals surface area contributed by atoms with Crippen LogP contribution in [0.25, 0.3) is 10.8 Å². The smallest absolute Gasteiger partial charge is 0.316 e. The van der Waals surface area contributed by atoms with Gasteiger partial charge in [-0.3, -0.25) is 14.6 Å². The molecule has 1 atom stereocenters. The molecule has 4 nitrogen and oxygen atoms in total. The largest absolute Gasteiger partial charge is 0.465 e. The van der Waals surface area contributed by atoms with Crippen LogP contribution < -0.4 is 0 Å². The number of ether oxygens (including phenoxy) is 1. The first-order chi connectivity index (χ1) is 10.2. The first-order valence-corrected chi connectivity index (χ1v) is 7.23. The summed E-state index contributed by atoms with van der Waals surface area (Å²) < 4.78 is 5.02. The number of fused-ring (bicyclic) bond motifs is 1. The number of hydrogen-bond acceptors (Lipinski definition) is 4. The Kier molecular flexibility index (Phi) is 5.04. The van der Waals surface area contributed by atoms with Gasteiger partial charge >= 0.3 is 5.97 Å². The van der Waals surface area contributed by atoms with Gasteiger partial charge in [0.15, 0.2) is 5.78 Å². The summed E-state index contributed by atoms with van der Waals surface area (Å²) in [4.78, 5) is 28.9. The van der Waals surface area contributed by atoms with E-state index in [1.165, 1.54) is 0 Å². The van der Waals surface area contributed by atoms with Crippen molar-refractivity contribution in [1.29, 1.82) is 0 Å². The van der Waals surface area contributed by atoms with Gasteiger partial charge in [0.25, 0.3) is 0 Å². The fraction of sp³-hybridized carbons (Fsp3) is 0.353. The summed E-state index contributed by atoms with van der Waals surface area (Å²) >= 11 is 0. The molecule has 0 fully saturated rings. The van der Waals surface area contributed by atoms with E-state index >= 15 is 0 Å². The molecule has 1 heterocycles. The number of pyridine rings is 1. The van der Waals surface area contributed by atoms with Gasteiger partial charge in [-0.2, -0.15) is 0 Å². The summed E-state index contributed by atoms with van der Waals surface area (Å²) in [5, 5.41) is 1.71. The second-order valence-electron chi connectivity index (χ2n) is 4.84. The van der Waals surface area contributed by atoms with E-state index in [4.69, 9.17) is 4.74 Å². The van der Waals surface area contributed by atoms with Gasteiger partial charge < -0.3 is 4.74 Å². The Morgan fingerprint density at radius 2 is 1.95 bits per heavy atom. The third-order valence-corrected chi connectivity index (χ3v) is 3.37. The van der Waals surface area contributed by atoms with Crippen LogP contribution in [0.5, 0.6) is 0 Å². The molecule has 2 aromatic rings. The number of esters is 1. The number of hydrogen-bond donors (Lipinski definition) is 0. The standard InChI is InChI=1S/C17H19NO3/c1-3-7-14(17(20)21-4-2)16(19)15-13-9-6-5-8-12(13)10-11-18-15/h5-6,8-11,14H,3-4,7H2,1-2H3. The zero-order valence-electron chi connectivity index (χ0n) is 12.3. The quantitative estimate of drug-likeness (QED) is 0.464. The van der Waals surface area contributed by atoms with Crippen molar-refractivity contribution in [2.45, 2.75) is 26.7 Å². The van der Waals surface area contributed by atoms with Gasteiger partial charge in [0.05, 0.1) is 6.61 Å². The van der Waals surface area contributed by atoms with E-state index in [1.807, 2.05) is 37.3 Å². The number of Topliss-reactive ketones (excluding diaryl/α,β-unsaturated/α-hetero) is 1. The Bertz CT molecular complexity index is 646. The van der Waals surface area contributed by atoms with E-state index < -0.39 is 11.9 Å². The van der Waals surface area contributed by atoms with Crippen LogP contribution in [0.15, 0.2) is 36.5 Å². The van der Waals surface area contributed by atoms with Gasteiger partial charge in [0.2, 0.25) is 0 Å². The number of carbonyl (C=O) groups excluding carboxylic acids is 2. The minimum atomic E-state index is -0.770. The van der Waals surface area contributed by atoms with Crippen molar-refractivity contribution < 1.29 is 14.3 Å². The van der Waals surface area contributed by atoms with Crippen LogP contribution in [-0.2, 0) is 9.53 Å². The number of carbonyl (C=O) groups is 2. The lowest BCUT2D eigenvalue weighted by atomic mass is 9.94. The predicted molar refractivity (Wildman–Crippen MR) is 81.1 cm³/mol. The monoisotopic (exact) mass is 285 g/mol. The summed E-state index contributed by atoms with van der Waals surface area (Å²) in [6.07, 6.45) is 2.81. The molecule has 1 aromatic carbocycles. The van der Waals surface area contributed by atoms with Crippen molar-refractivity contribution in [2.24, 2.45) is 5.92 Å². The summed E-state index contributed by atoms with van der Waals surface area (Å²) in [5.74, 6) is -1.49. The van der Waals surface area contributed by atoms with E-state index in [9.17, 15) is 9.59 Å². The molecule has 110 valence electrons. The lowest BCUT2D eigenvalue weighted by Gasteiger charge is -2.14. The van der Waals surface area contributed by atoms with Crippen molar-refractivity contribution >= 4 is 22.5 Å². The van der Waals surface area contributed by atoms with Crippen molar-refractivity contribution in [2.75, 3.05) is 6.61 Å². The molecule has 0 aliphatic rings.